The van der Waals surface area contributed by atoms with E-state index in [9.17, 15) is 4.79 Å². The second-order valence-corrected chi connectivity index (χ2v) is 7.38. The monoisotopic (exact) mass is 352 g/mol. The summed E-state index contributed by atoms with van der Waals surface area (Å²) in [6.07, 6.45) is 2.29. The molecule has 25 heavy (non-hydrogen) atoms. The third kappa shape index (κ3) is 3.00. The number of aromatic nitrogens is 1. The second kappa shape index (κ2) is 6.48. The highest BCUT2D eigenvalue weighted by molar-refractivity contribution is 7.13. The number of hydrogen-bond acceptors (Lipinski definition) is 4. The molecule has 1 aromatic carbocycles. The second-order valence-electron chi connectivity index (χ2n) is 6.43. The first-order valence-corrected chi connectivity index (χ1v) is 9.35. The highest BCUT2D eigenvalue weighted by Gasteiger charge is 2.29. The lowest BCUT2D eigenvalue weighted by Crippen LogP contribution is -2.31. The number of thiophene rings is 1. The van der Waals surface area contributed by atoms with Crippen molar-refractivity contribution in [3.8, 4) is 10.8 Å². The number of fused-ring (bicyclic) bond motifs is 1. The highest BCUT2D eigenvalue weighted by atomic mass is 32.1. The van der Waals surface area contributed by atoms with Crippen LogP contribution >= 0.6 is 11.3 Å². The van der Waals surface area contributed by atoms with Gasteiger partial charge < -0.3 is 9.32 Å². The average molecular weight is 352 g/mol. The van der Waals surface area contributed by atoms with E-state index in [1.807, 2.05) is 42.5 Å². The minimum atomic E-state index is 0.0795. The quantitative estimate of drug-likeness (QED) is 0.699. The van der Waals surface area contributed by atoms with E-state index in [2.05, 4.69) is 23.2 Å². The van der Waals surface area contributed by atoms with Crippen molar-refractivity contribution in [3.63, 3.8) is 0 Å². The Hall–Kier alpha value is -2.40. The minimum absolute atomic E-state index is 0.0795. The fourth-order valence-corrected chi connectivity index (χ4v) is 4.13. The van der Waals surface area contributed by atoms with Gasteiger partial charge in [-0.1, -0.05) is 30.3 Å². The molecule has 1 unspecified atom stereocenters. The van der Waals surface area contributed by atoms with Crippen LogP contribution in [0.2, 0.25) is 0 Å². The van der Waals surface area contributed by atoms with Gasteiger partial charge in [0.25, 0.3) is 0 Å². The van der Waals surface area contributed by atoms with Crippen LogP contribution in [0, 0.1) is 6.92 Å². The van der Waals surface area contributed by atoms with E-state index in [0.717, 1.165) is 29.2 Å². The first kappa shape index (κ1) is 16.1. The number of rotatable bonds is 4. The smallest absolute Gasteiger partial charge is 0.236 e. The minimum Gasteiger partial charge on any atom is -0.440 e. The number of oxazole rings is 1. The van der Waals surface area contributed by atoms with Crippen LogP contribution in [0.5, 0.6) is 0 Å². The summed E-state index contributed by atoms with van der Waals surface area (Å²) < 4.78 is 5.75. The standard InChI is InChI=1S/C20H20N2O2S/c1-13-16(21-20(24-13)18-8-5-11-25-18)12-19(23)22(2)17-10-9-14-6-3-4-7-15(14)17/h3-8,11,17H,9-10,12H2,1-2H3. The van der Waals surface area contributed by atoms with Gasteiger partial charge in [-0.25, -0.2) is 4.98 Å². The lowest BCUT2D eigenvalue weighted by molar-refractivity contribution is -0.131. The maximum absolute atomic E-state index is 12.8. The molecular weight excluding hydrogens is 332 g/mol. The molecule has 4 rings (SSSR count). The maximum atomic E-state index is 12.8. The molecule has 128 valence electrons. The largest absolute Gasteiger partial charge is 0.440 e. The predicted octanol–water partition coefficient (Wildman–Crippen LogP) is 4.40. The molecule has 1 atom stereocenters. The van der Waals surface area contributed by atoms with Crippen LogP contribution in [0.1, 0.15) is 35.0 Å². The third-order valence-electron chi connectivity index (χ3n) is 4.91. The van der Waals surface area contributed by atoms with Gasteiger partial charge in [0.05, 0.1) is 23.0 Å². The predicted molar refractivity (Wildman–Crippen MR) is 98.5 cm³/mol. The third-order valence-corrected chi connectivity index (χ3v) is 5.76. The lowest BCUT2D eigenvalue weighted by atomic mass is 10.1. The van der Waals surface area contributed by atoms with Crippen molar-refractivity contribution in [1.29, 1.82) is 0 Å². The van der Waals surface area contributed by atoms with Crippen LogP contribution in [-0.4, -0.2) is 22.8 Å². The Morgan fingerprint density at radius 1 is 1.32 bits per heavy atom. The van der Waals surface area contributed by atoms with Gasteiger partial charge in [-0.2, -0.15) is 0 Å². The van der Waals surface area contributed by atoms with E-state index < -0.39 is 0 Å². The van der Waals surface area contributed by atoms with Crippen molar-refractivity contribution >= 4 is 17.2 Å². The van der Waals surface area contributed by atoms with Crippen molar-refractivity contribution in [3.05, 3.63) is 64.4 Å². The molecule has 0 saturated carbocycles. The van der Waals surface area contributed by atoms with Crippen molar-refractivity contribution in [2.45, 2.75) is 32.2 Å². The van der Waals surface area contributed by atoms with Gasteiger partial charge in [-0.15, -0.1) is 11.3 Å². The van der Waals surface area contributed by atoms with Crippen molar-refractivity contribution in [1.82, 2.24) is 9.88 Å². The molecule has 0 spiro atoms. The fourth-order valence-electron chi connectivity index (χ4n) is 3.48. The zero-order chi connectivity index (χ0) is 17.4. The molecule has 2 aromatic heterocycles. The molecule has 0 aliphatic heterocycles. The SMILES string of the molecule is Cc1oc(-c2cccs2)nc1CC(=O)N(C)C1CCc2ccccc21. The molecule has 0 saturated heterocycles. The van der Waals surface area contributed by atoms with Crippen molar-refractivity contribution in [2.75, 3.05) is 7.05 Å². The number of hydrogen-bond donors (Lipinski definition) is 0. The normalized spacial score (nSPS) is 16.0. The van der Waals surface area contributed by atoms with E-state index in [-0.39, 0.29) is 18.4 Å². The van der Waals surface area contributed by atoms with Gasteiger partial charge in [0.15, 0.2) is 0 Å². The number of likely N-dealkylation sites (N-methyl/N-ethyl adjacent to an activating group) is 1. The Kier molecular flexibility index (Phi) is 4.17. The van der Waals surface area contributed by atoms with E-state index in [1.165, 1.54) is 11.1 Å². The van der Waals surface area contributed by atoms with Gasteiger partial charge >= 0.3 is 0 Å². The van der Waals surface area contributed by atoms with Crippen molar-refractivity contribution in [2.24, 2.45) is 0 Å². The van der Waals surface area contributed by atoms with Gasteiger partial charge in [-0.3, -0.25) is 4.79 Å². The lowest BCUT2D eigenvalue weighted by Gasteiger charge is -2.25. The topological polar surface area (TPSA) is 46.3 Å². The highest BCUT2D eigenvalue weighted by Crippen LogP contribution is 2.35. The summed E-state index contributed by atoms with van der Waals surface area (Å²) in [5, 5.41) is 1.99. The molecule has 1 aliphatic rings. The Balaban J connectivity index is 1.51. The van der Waals surface area contributed by atoms with Crippen molar-refractivity contribution < 1.29 is 9.21 Å². The van der Waals surface area contributed by atoms with E-state index in [0.29, 0.717) is 5.89 Å². The van der Waals surface area contributed by atoms with E-state index in [4.69, 9.17) is 4.42 Å². The van der Waals surface area contributed by atoms with Gasteiger partial charge in [0.1, 0.15) is 5.76 Å². The Labute approximate surface area is 151 Å². The number of nitrogens with zero attached hydrogens (tertiary/aromatic N) is 2. The summed E-state index contributed by atoms with van der Waals surface area (Å²) in [5.74, 6) is 1.40. The summed E-state index contributed by atoms with van der Waals surface area (Å²) in [7, 11) is 1.89. The molecule has 3 aromatic rings. The summed E-state index contributed by atoms with van der Waals surface area (Å²) in [6.45, 7) is 1.87. The summed E-state index contributed by atoms with van der Waals surface area (Å²) in [6, 6.07) is 12.5. The van der Waals surface area contributed by atoms with Gasteiger partial charge in [-0.05, 0) is 42.3 Å². The molecular formula is C20H20N2O2S. The Morgan fingerprint density at radius 2 is 2.16 bits per heavy atom. The first-order valence-electron chi connectivity index (χ1n) is 8.47. The molecule has 0 N–H and O–H groups in total. The maximum Gasteiger partial charge on any atom is 0.236 e. The molecule has 4 nitrogen and oxygen atoms in total. The molecule has 1 aliphatic carbocycles. The molecule has 1 amide bonds. The van der Waals surface area contributed by atoms with Gasteiger partial charge in [0.2, 0.25) is 11.8 Å². The number of amides is 1. The Morgan fingerprint density at radius 3 is 2.96 bits per heavy atom. The number of carbonyl (C=O) groups is 1. The molecule has 0 fully saturated rings. The van der Waals surface area contributed by atoms with Crippen LogP contribution in [0.25, 0.3) is 10.8 Å². The summed E-state index contributed by atoms with van der Waals surface area (Å²) in [5.41, 5.74) is 3.35. The zero-order valence-electron chi connectivity index (χ0n) is 14.4. The zero-order valence-corrected chi connectivity index (χ0v) is 15.2. The first-order chi connectivity index (χ1) is 12.1. The van der Waals surface area contributed by atoms with Crippen LogP contribution < -0.4 is 0 Å². The van der Waals surface area contributed by atoms with Crippen LogP contribution in [0.3, 0.4) is 0 Å². The van der Waals surface area contributed by atoms with Crippen LogP contribution in [0.15, 0.2) is 46.2 Å². The van der Waals surface area contributed by atoms with E-state index in [1.54, 1.807) is 11.3 Å². The average Bonchev–Trinajstić information content (AvgIpc) is 3.34. The summed E-state index contributed by atoms with van der Waals surface area (Å²) >= 11 is 1.58. The van der Waals surface area contributed by atoms with Gasteiger partial charge in [0, 0.05) is 7.05 Å². The molecule has 0 bridgehead atoms. The number of benzene rings is 1. The fraction of sp³-hybridized carbons (Fsp3) is 0.300. The van der Waals surface area contributed by atoms with E-state index >= 15 is 0 Å². The van der Waals surface area contributed by atoms with Crippen LogP contribution in [-0.2, 0) is 17.6 Å². The molecule has 0 radical (unpaired) electrons. The molecule has 5 heteroatoms. The number of carbonyl (C=O) groups excluding carboxylic acids is 1. The number of aryl methyl sites for hydroxylation is 2. The summed E-state index contributed by atoms with van der Waals surface area (Å²) in [4.78, 5) is 20.2. The molecule has 2 heterocycles. The van der Waals surface area contributed by atoms with Crippen LogP contribution in [0.4, 0.5) is 0 Å². The Bertz CT molecular complexity index is 898.